The second kappa shape index (κ2) is 11.6. The fourth-order valence-electron chi connectivity index (χ4n) is 7.09. The zero-order valence-corrected chi connectivity index (χ0v) is 27.6. The van der Waals surface area contributed by atoms with Gasteiger partial charge in [-0.3, -0.25) is 4.98 Å². The number of furan rings is 1. The molecule has 0 radical (unpaired) electrons. The molecule has 234 valence electrons. The van der Waals surface area contributed by atoms with E-state index in [0.29, 0.717) is 5.82 Å². The molecule has 0 bridgehead atoms. The molecule has 6 aromatic carbocycles. The molecule has 0 aliphatic carbocycles. The van der Waals surface area contributed by atoms with Gasteiger partial charge in [0.05, 0.1) is 11.4 Å². The van der Waals surface area contributed by atoms with E-state index in [1.54, 1.807) is 0 Å². The smallest absolute Gasteiger partial charge is 0.161 e. The van der Waals surface area contributed by atoms with Crippen molar-refractivity contribution in [1.82, 2.24) is 15.0 Å². The Labute approximate surface area is 292 Å². The lowest BCUT2D eigenvalue weighted by molar-refractivity contribution is 0.670. The van der Waals surface area contributed by atoms with E-state index in [1.165, 1.54) is 20.2 Å². The molecule has 0 saturated heterocycles. The average Bonchev–Trinajstić information content (AvgIpc) is 3.77. The van der Waals surface area contributed by atoms with Gasteiger partial charge in [0.15, 0.2) is 5.82 Å². The first-order chi connectivity index (χ1) is 24.8. The minimum Gasteiger partial charge on any atom is -0.455 e. The molecule has 0 amide bonds. The van der Waals surface area contributed by atoms with Crippen LogP contribution in [0.2, 0.25) is 0 Å². The van der Waals surface area contributed by atoms with E-state index in [-0.39, 0.29) is 0 Å². The molecule has 4 aromatic heterocycles. The molecule has 50 heavy (non-hydrogen) atoms. The number of nitrogens with zero attached hydrogens (tertiary/aromatic N) is 3. The van der Waals surface area contributed by atoms with E-state index in [0.717, 1.165) is 72.3 Å². The number of aromatic nitrogens is 3. The van der Waals surface area contributed by atoms with Gasteiger partial charge in [0, 0.05) is 65.6 Å². The second-order valence-corrected chi connectivity index (χ2v) is 13.5. The Morgan fingerprint density at radius 2 is 1.14 bits per heavy atom. The highest BCUT2D eigenvalue weighted by Crippen LogP contribution is 2.44. The van der Waals surface area contributed by atoms with Crippen molar-refractivity contribution in [1.29, 1.82) is 0 Å². The third-order valence-corrected chi connectivity index (χ3v) is 10.6. The van der Waals surface area contributed by atoms with E-state index in [1.807, 2.05) is 72.3 Å². The highest BCUT2D eigenvalue weighted by Gasteiger charge is 2.21. The summed E-state index contributed by atoms with van der Waals surface area (Å²) >= 11 is 1.83. The number of rotatable bonds is 5. The Hall–Kier alpha value is -6.43. The molecule has 0 N–H and O–H groups in total. The summed E-state index contributed by atoms with van der Waals surface area (Å²) in [6, 6.07) is 52.8. The summed E-state index contributed by atoms with van der Waals surface area (Å²) in [6.07, 6.45) is 3.64. The molecule has 4 nitrogen and oxygen atoms in total. The predicted octanol–water partition coefficient (Wildman–Crippen LogP) is 12.5. The van der Waals surface area contributed by atoms with E-state index in [4.69, 9.17) is 14.4 Å². The van der Waals surface area contributed by atoms with Crippen LogP contribution in [0, 0.1) is 0 Å². The van der Waals surface area contributed by atoms with Crippen LogP contribution in [0.1, 0.15) is 0 Å². The van der Waals surface area contributed by atoms with E-state index >= 15 is 0 Å². The van der Waals surface area contributed by atoms with Crippen LogP contribution >= 0.6 is 11.3 Å². The quantitative estimate of drug-likeness (QED) is 0.185. The average molecular weight is 658 g/mol. The number of hydrogen-bond donors (Lipinski definition) is 0. The number of thiophene rings is 1. The van der Waals surface area contributed by atoms with Crippen LogP contribution in [0.4, 0.5) is 0 Å². The van der Waals surface area contributed by atoms with Crippen LogP contribution in [-0.4, -0.2) is 15.0 Å². The van der Waals surface area contributed by atoms with Crippen molar-refractivity contribution in [3.8, 4) is 56.2 Å². The molecular weight excluding hydrogens is 631 g/mol. The first-order valence-electron chi connectivity index (χ1n) is 16.6. The van der Waals surface area contributed by atoms with Crippen LogP contribution < -0.4 is 0 Å². The van der Waals surface area contributed by atoms with Gasteiger partial charge in [0.2, 0.25) is 0 Å². The second-order valence-electron chi connectivity index (χ2n) is 12.4. The van der Waals surface area contributed by atoms with Crippen molar-refractivity contribution in [2.24, 2.45) is 0 Å². The lowest BCUT2D eigenvalue weighted by atomic mass is 9.95. The largest absolute Gasteiger partial charge is 0.455 e. The monoisotopic (exact) mass is 657 g/mol. The predicted molar refractivity (Wildman–Crippen MR) is 207 cm³/mol. The fraction of sp³-hybridized carbons (Fsp3) is 0. The first kappa shape index (κ1) is 28.6. The fourth-order valence-corrected chi connectivity index (χ4v) is 8.17. The maximum absolute atomic E-state index is 6.74. The van der Waals surface area contributed by atoms with Crippen molar-refractivity contribution in [3.63, 3.8) is 0 Å². The van der Waals surface area contributed by atoms with Gasteiger partial charge in [-0.05, 0) is 65.2 Å². The molecule has 0 atom stereocenters. The van der Waals surface area contributed by atoms with Crippen molar-refractivity contribution in [2.45, 2.75) is 0 Å². The molecule has 0 saturated carbocycles. The zero-order chi connectivity index (χ0) is 33.0. The molecule has 0 aliphatic rings. The molecule has 5 heteroatoms. The standard InChI is InChI=1S/C45H27N3OS/c1-2-10-29(11-3-1)38-27-39(48-45(47-38)34-14-5-4-12-31(34)28-22-24-46-25-23-28)35-20-19-32(44-43(35)36-15-6-8-16-40(36)49-44)30-18-21-42-37(26-30)33-13-7-9-17-41(33)50-42/h1-27H. The van der Waals surface area contributed by atoms with Crippen LogP contribution in [0.15, 0.2) is 168 Å². The minimum atomic E-state index is 0.661. The SMILES string of the molecule is c1ccc(-c2cc(-c3ccc(-c4ccc5sc6ccccc6c5c4)c4oc5ccccc5c34)nc(-c3ccccc3-c3ccncc3)n2)cc1. The summed E-state index contributed by atoms with van der Waals surface area (Å²) in [7, 11) is 0. The Balaban J connectivity index is 1.23. The topological polar surface area (TPSA) is 51.8 Å². The van der Waals surface area contributed by atoms with Crippen LogP contribution in [0.25, 0.3) is 98.3 Å². The van der Waals surface area contributed by atoms with Crippen LogP contribution in [0.3, 0.4) is 0 Å². The zero-order valence-electron chi connectivity index (χ0n) is 26.7. The van der Waals surface area contributed by atoms with E-state index in [9.17, 15) is 0 Å². The van der Waals surface area contributed by atoms with Gasteiger partial charge in [0.25, 0.3) is 0 Å². The van der Waals surface area contributed by atoms with Gasteiger partial charge < -0.3 is 4.42 Å². The molecule has 10 aromatic rings. The third kappa shape index (κ3) is 4.71. The molecule has 10 rings (SSSR count). The first-order valence-corrected chi connectivity index (χ1v) is 17.4. The van der Waals surface area contributed by atoms with Gasteiger partial charge in [0.1, 0.15) is 11.2 Å². The minimum absolute atomic E-state index is 0.661. The number of fused-ring (bicyclic) bond motifs is 6. The normalized spacial score (nSPS) is 11.6. The molecule has 4 heterocycles. The summed E-state index contributed by atoms with van der Waals surface area (Å²) < 4.78 is 9.31. The summed E-state index contributed by atoms with van der Waals surface area (Å²) in [6.45, 7) is 0. The molecule has 0 aliphatic heterocycles. The lowest BCUT2D eigenvalue weighted by Gasteiger charge is -2.14. The number of para-hydroxylation sites is 1. The highest BCUT2D eigenvalue weighted by molar-refractivity contribution is 7.25. The van der Waals surface area contributed by atoms with Gasteiger partial charge in [-0.1, -0.05) is 103 Å². The molecule has 0 unspecified atom stereocenters. The van der Waals surface area contributed by atoms with Crippen molar-refractivity contribution in [3.05, 3.63) is 164 Å². The summed E-state index contributed by atoms with van der Waals surface area (Å²) in [5.41, 5.74) is 10.7. The van der Waals surface area contributed by atoms with Gasteiger partial charge in [-0.2, -0.15) is 0 Å². The number of benzene rings is 6. The van der Waals surface area contributed by atoms with Gasteiger partial charge in [-0.15, -0.1) is 11.3 Å². The number of pyridine rings is 1. The Morgan fingerprint density at radius 1 is 0.440 bits per heavy atom. The lowest BCUT2D eigenvalue weighted by Crippen LogP contribution is -1.98. The molecule has 0 fully saturated rings. The van der Waals surface area contributed by atoms with Crippen molar-refractivity contribution >= 4 is 53.4 Å². The van der Waals surface area contributed by atoms with Crippen molar-refractivity contribution in [2.75, 3.05) is 0 Å². The van der Waals surface area contributed by atoms with Crippen molar-refractivity contribution < 1.29 is 4.42 Å². The van der Waals surface area contributed by atoms with Gasteiger partial charge >= 0.3 is 0 Å². The maximum Gasteiger partial charge on any atom is 0.161 e. The summed E-state index contributed by atoms with van der Waals surface area (Å²) in [5, 5.41) is 4.64. The van der Waals surface area contributed by atoms with Gasteiger partial charge in [-0.25, -0.2) is 9.97 Å². The highest BCUT2D eigenvalue weighted by atomic mass is 32.1. The van der Waals surface area contributed by atoms with Crippen LogP contribution in [-0.2, 0) is 0 Å². The molecule has 0 spiro atoms. The Morgan fingerprint density at radius 3 is 2.02 bits per heavy atom. The maximum atomic E-state index is 6.74. The Bertz CT molecular complexity index is 2870. The van der Waals surface area contributed by atoms with E-state index < -0.39 is 0 Å². The van der Waals surface area contributed by atoms with E-state index in [2.05, 4.69) is 108 Å². The third-order valence-electron chi connectivity index (χ3n) is 9.44. The molecular formula is C45H27N3OS. The van der Waals surface area contributed by atoms with Crippen LogP contribution in [0.5, 0.6) is 0 Å². The number of hydrogen-bond acceptors (Lipinski definition) is 5. The summed E-state index contributed by atoms with van der Waals surface area (Å²) in [5.74, 6) is 0.661. The summed E-state index contributed by atoms with van der Waals surface area (Å²) in [4.78, 5) is 14.8. The Kier molecular flexibility index (Phi) is 6.64.